The van der Waals surface area contributed by atoms with Crippen LogP contribution in [0.1, 0.15) is 64.6 Å². The minimum absolute atomic E-state index is 0.308. The SMILES string of the molecule is COCCC(C)N[C@H]1CCCC[C@H]1n1cc(C(C)(C)O)nn1. The molecular weight excluding hydrogens is 280 g/mol. The van der Waals surface area contributed by atoms with E-state index in [0.29, 0.717) is 23.8 Å². The molecule has 1 saturated carbocycles. The van der Waals surface area contributed by atoms with E-state index < -0.39 is 5.60 Å². The summed E-state index contributed by atoms with van der Waals surface area (Å²) in [6, 6.07) is 1.13. The van der Waals surface area contributed by atoms with Crippen LogP contribution in [-0.4, -0.2) is 45.9 Å². The third-order valence-electron chi connectivity index (χ3n) is 4.46. The van der Waals surface area contributed by atoms with Crippen LogP contribution in [-0.2, 0) is 10.3 Å². The van der Waals surface area contributed by atoms with Crippen LogP contribution in [0.4, 0.5) is 0 Å². The Labute approximate surface area is 133 Å². The zero-order valence-electron chi connectivity index (χ0n) is 14.2. The fourth-order valence-electron chi connectivity index (χ4n) is 3.08. The van der Waals surface area contributed by atoms with E-state index in [9.17, 15) is 5.11 Å². The fraction of sp³-hybridized carbons (Fsp3) is 0.875. The molecule has 0 amide bonds. The standard InChI is InChI=1S/C16H30N4O2/c1-12(9-10-22-4)17-13-7-5-6-8-14(13)20-11-15(18-19-20)16(2,3)21/h11-14,17,21H,5-10H2,1-4H3/t12?,13-,14+/m0/s1. The summed E-state index contributed by atoms with van der Waals surface area (Å²) >= 11 is 0. The van der Waals surface area contributed by atoms with Gasteiger partial charge in [-0.25, -0.2) is 4.68 Å². The maximum Gasteiger partial charge on any atom is 0.114 e. The lowest BCUT2D eigenvalue weighted by molar-refractivity contribution is 0.0736. The molecule has 0 aromatic carbocycles. The molecule has 0 spiro atoms. The van der Waals surface area contributed by atoms with E-state index in [1.165, 1.54) is 12.8 Å². The highest BCUT2D eigenvalue weighted by Gasteiger charge is 2.30. The summed E-state index contributed by atoms with van der Waals surface area (Å²) in [5.74, 6) is 0. The van der Waals surface area contributed by atoms with Crippen molar-refractivity contribution in [1.82, 2.24) is 20.3 Å². The quantitative estimate of drug-likeness (QED) is 0.806. The Morgan fingerprint density at radius 1 is 1.45 bits per heavy atom. The van der Waals surface area contributed by atoms with Crippen molar-refractivity contribution in [2.45, 2.75) is 76.6 Å². The van der Waals surface area contributed by atoms with Gasteiger partial charge in [0.05, 0.1) is 12.2 Å². The van der Waals surface area contributed by atoms with Crippen LogP contribution >= 0.6 is 0 Å². The summed E-state index contributed by atoms with van der Waals surface area (Å²) in [4.78, 5) is 0. The Balaban J connectivity index is 2.04. The molecule has 22 heavy (non-hydrogen) atoms. The second kappa shape index (κ2) is 7.53. The van der Waals surface area contributed by atoms with Gasteiger partial charge in [0.2, 0.25) is 0 Å². The van der Waals surface area contributed by atoms with E-state index in [1.54, 1.807) is 21.0 Å². The van der Waals surface area contributed by atoms with Crippen LogP contribution in [0, 0.1) is 0 Å². The van der Waals surface area contributed by atoms with Crippen LogP contribution in [0.15, 0.2) is 6.20 Å². The largest absolute Gasteiger partial charge is 0.385 e. The average Bonchev–Trinajstić information content (AvgIpc) is 2.95. The maximum atomic E-state index is 10.1. The number of rotatable bonds is 7. The van der Waals surface area contributed by atoms with E-state index >= 15 is 0 Å². The van der Waals surface area contributed by atoms with Gasteiger partial charge in [0, 0.05) is 25.8 Å². The first kappa shape index (κ1) is 17.4. The summed E-state index contributed by atoms with van der Waals surface area (Å²) in [6.07, 6.45) is 7.62. The van der Waals surface area contributed by atoms with Crippen LogP contribution in [0.2, 0.25) is 0 Å². The molecule has 2 N–H and O–H groups in total. The molecule has 1 unspecified atom stereocenters. The van der Waals surface area contributed by atoms with Gasteiger partial charge >= 0.3 is 0 Å². The smallest absolute Gasteiger partial charge is 0.114 e. The Morgan fingerprint density at radius 2 is 2.18 bits per heavy atom. The molecule has 126 valence electrons. The molecule has 1 aromatic rings. The molecule has 3 atom stereocenters. The van der Waals surface area contributed by atoms with Gasteiger partial charge in [-0.2, -0.15) is 0 Å². The zero-order valence-corrected chi connectivity index (χ0v) is 14.2. The Bertz CT molecular complexity index is 455. The van der Waals surface area contributed by atoms with E-state index in [0.717, 1.165) is 25.9 Å². The molecule has 0 aliphatic heterocycles. The first-order valence-electron chi connectivity index (χ1n) is 8.31. The first-order valence-corrected chi connectivity index (χ1v) is 8.31. The molecule has 2 rings (SSSR count). The molecule has 1 aliphatic rings. The van der Waals surface area contributed by atoms with Gasteiger partial charge in [0.1, 0.15) is 11.3 Å². The predicted molar refractivity (Wildman–Crippen MR) is 85.7 cm³/mol. The third-order valence-corrected chi connectivity index (χ3v) is 4.46. The van der Waals surface area contributed by atoms with E-state index in [1.807, 2.05) is 10.9 Å². The average molecular weight is 310 g/mol. The minimum Gasteiger partial charge on any atom is -0.385 e. The minimum atomic E-state index is -0.943. The molecule has 6 nitrogen and oxygen atoms in total. The topological polar surface area (TPSA) is 72.2 Å². The van der Waals surface area contributed by atoms with Gasteiger partial charge in [-0.3, -0.25) is 0 Å². The highest BCUT2D eigenvalue weighted by atomic mass is 16.5. The normalized spacial score (nSPS) is 24.4. The van der Waals surface area contributed by atoms with E-state index in [2.05, 4.69) is 22.6 Å². The number of aromatic nitrogens is 3. The van der Waals surface area contributed by atoms with Crippen molar-refractivity contribution >= 4 is 0 Å². The Morgan fingerprint density at radius 3 is 2.82 bits per heavy atom. The van der Waals surface area contributed by atoms with Crippen LogP contribution < -0.4 is 5.32 Å². The van der Waals surface area contributed by atoms with Gasteiger partial charge < -0.3 is 15.2 Å². The third kappa shape index (κ3) is 4.51. The molecular formula is C16H30N4O2. The van der Waals surface area contributed by atoms with Crippen molar-refractivity contribution in [3.63, 3.8) is 0 Å². The summed E-state index contributed by atoms with van der Waals surface area (Å²) in [5, 5.41) is 22.2. The molecule has 1 fully saturated rings. The number of ether oxygens (including phenoxy) is 1. The lowest BCUT2D eigenvalue weighted by atomic mass is 9.89. The first-order chi connectivity index (χ1) is 10.4. The Kier molecular flexibility index (Phi) is 5.94. The lowest BCUT2D eigenvalue weighted by Gasteiger charge is -2.34. The molecule has 0 bridgehead atoms. The molecule has 1 aliphatic carbocycles. The number of hydrogen-bond donors (Lipinski definition) is 2. The summed E-state index contributed by atoms with van der Waals surface area (Å²) < 4.78 is 7.10. The summed E-state index contributed by atoms with van der Waals surface area (Å²) in [5.41, 5.74) is -0.314. The van der Waals surface area contributed by atoms with Crippen LogP contribution in [0.5, 0.6) is 0 Å². The highest BCUT2D eigenvalue weighted by Crippen LogP contribution is 2.29. The van der Waals surface area contributed by atoms with Gasteiger partial charge in [-0.15, -0.1) is 5.10 Å². The second-order valence-corrected chi connectivity index (χ2v) is 6.95. The van der Waals surface area contributed by atoms with Gasteiger partial charge in [0.15, 0.2) is 0 Å². The number of nitrogens with zero attached hydrogens (tertiary/aromatic N) is 3. The second-order valence-electron chi connectivity index (χ2n) is 6.95. The van der Waals surface area contributed by atoms with Gasteiger partial charge in [-0.1, -0.05) is 18.1 Å². The molecule has 1 heterocycles. The molecule has 0 saturated heterocycles. The van der Waals surface area contributed by atoms with Crippen molar-refractivity contribution < 1.29 is 9.84 Å². The van der Waals surface area contributed by atoms with E-state index in [4.69, 9.17) is 4.74 Å². The summed E-state index contributed by atoms with van der Waals surface area (Å²) in [7, 11) is 1.74. The van der Waals surface area contributed by atoms with Crippen LogP contribution in [0.25, 0.3) is 0 Å². The number of methoxy groups -OCH3 is 1. The number of aliphatic hydroxyl groups is 1. The van der Waals surface area contributed by atoms with Gasteiger partial charge in [-0.05, 0) is 40.0 Å². The van der Waals surface area contributed by atoms with Crippen molar-refractivity contribution in [3.05, 3.63) is 11.9 Å². The predicted octanol–water partition coefficient (Wildman–Crippen LogP) is 2.00. The van der Waals surface area contributed by atoms with Crippen molar-refractivity contribution in [3.8, 4) is 0 Å². The maximum absolute atomic E-state index is 10.1. The molecule has 6 heteroatoms. The van der Waals surface area contributed by atoms with Crippen molar-refractivity contribution in [1.29, 1.82) is 0 Å². The monoisotopic (exact) mass is 310 g/mol. The summed E-state index contributed by atoms with van der Waals surface area (Å²) in [6.45, 7) is 6.46. The fourth-order valence-corrected chi connectivity index (χ4v) is 3.08. The number of hydrogen-bond acceptors (Lipinski definition) is 5. The lowest BCUT2D eigenvalue weighted by Crippen LogP contribution is -2.44. The van der Waals surface area contributed by atoms with E-state index in [-0.39, 0.29) is 0 Å². The zero-order chi connectivity index (χ0) is 16.2. The van der Waals surface area contributed by atoms with Crippen LogP contribution in [0.3, 0.4) is 0 Å². The van der Waals surface area contributed by atoms with Crippen molar-refractivity contribution in [2.24, 2.45) is 0 Å². The van der Waals surface area contributed by atoms with Gasteiger partial charge in [0.25, 0.3) is 0 Å². The highest BCUT2D eigenvalue weighted by molar-refractivity contribution is 5.04. The number of nitrogens with one attached hydrogen (secondary N) is 1. The molecule has 1 aromatic heterocycles. The van der Waals surface area contributed by atoms with Crippen molar-refractivity contribution in [2.75, 3.05) is 13.7 Å². The Hall–Kier alpha value is -0.980. The molecule has 0 radical (unpaired) electrons.